The number of aliphatic carboxylic acids is 1. The van der Waals surface area contributed by atoms with Crippen LogP contribution in [0.5, 0.6) is 0 Å². The first kappa shape index (κ1) is 17.6. The van der Waals surface area contributed by atoms with E-state index in [2.05, 4.69) is 4.98 Å². The monoisotopic (exact) mass is 349 g/mol. The topological polar surface area (TPSA) is 76.5 Å². The van der Waals surface area contributed by atoms with Gasteiger partial charge in [0, 0.05) is 35.6 Å². The number of hydrogen-bond acceptors (Lipinski definition) is 4. The Morgan fingerprint density at radius 1 is 0.962 bits per heavy atom. The van der Waals surface area contributed by atoms with Gasteiger partial charge in [-0.2, -0.15) is 0 Å². The molecule has 0 aliphatic carbocycles. The maximum atomic E-state index is 11.9. The van der Waals surface area contributed by atoms with Crippen LogP contribution in [-0.2, 0) is 20.9 Å². The van der Waals surface area contributed by atoms with Crippen molar-refractivity contribution in [2.45, 2.75) is 25.9 Å². The molecule has 0 radical (unpaired) electrons. The standard InChI is InChI=1S/C21H19NO4/c23-19(24)11-6-12-20(25)26-14-18-17-10-5-4-9-16(17)13-22-21(18)15-7-2-1-3-8-15/h1-5,7-10,13H,6,11-12,14H2,(H,23,24). The lowest BCUT2D eigenvalue weighted by Gasteiger charge is -2.13. The molecule has 1 heterocycles. The zero-order valence-corrected chi connectivity index (χ0v) is 14.2. The summed E-state index contributed by atoms with van der Waals surface area (Å²) in [6, 6.07) is 17.6. The number of carboxylic acid groups (broad SMARTS) is 1. The average molecular weight is 349 g/mol. The minimum atomic E-state index is -0.914. The van der Waals surface area contributed by atoms with Crippen LogP contribution in [0.4, 0.5) is 0 Å². The van der Waals surface area contributed by atoms with Gasteiger partial charge in [-0.05, 0) is 11.8 Å². The maximum absolute atomic E-state index is 11.9. The molecule has 0 aliphatic rings. The lowest BCUT2D eigenvalue weighted by molar-refractivity contribution is -0.145. The molecule has 132 valence electrons. The molecule has 5 heteroatoms. The Morgan fingerprint density at radius 2 is 1.69 bits per heavy atom. The molecule has 3 rings (SSSR count). The van der Waals surface area contributed by atoms with E-state index in [1.165, 1.54) is 0 Å². The van der Waals surface area contributed by atoms with Gasteiger partial charge in [0.1, 0.15) is 6.61 Å². The molecular weight excluding hydrogens is 330 g/mol. The van der Waals surface area contributed by atoms with Gasteiger partial charge < -0.3 is 9.84 Å². The molecule has 26 heavy (non-hydrogen) atoms. The van der Waals surface area contributed by atoms with Gasteiger partial charge >= 0.3 is 11.9 Å². The highest BCUT2D eigenvalue weighted by molar-refractivity contribution is 5.89. The van der Waals surface area contributed by atoms with Gasteiger partial charge in [-0.1, -0.05) is 54.6 Å². The van der Waals surface area contributed by atoms with Crippen molar-refractivity contribution >= 4 is 22.7 Å². The number of benzene rings is 2. The predicted octanol–water partition coefficient (Wildman–Crippen LogP) is 4.20. The molecular formula is C21H19NO4. The minimum Gasteiger partial charge on any atom is -0.481 e. The van der Waals surface area contributed by atoms with E-state index in [0.717, 1.165) is 27.6 Å². The van der Waals surface area contributed by atoms with Crippen LogP contribution in [0.2, 0.25) is 0 Å². The van der Waals surface area contributed by atoms with Gasteiger partial charge in [-0.25, -0.2) is 0 Å². The van der Waals surface area contributed by atoms with Gasteiger partial charge in [-0.3, -0.25) is 14.6 Å². The normalized spacial score (nSPS) is 10.6. The van der Waals surface area contributed by atoms with Crippen LogP contribution in [0.1, 0.15) is 24.8 Å². The van der Waals surface area contributed by atoms with Crippen LogP contribution in [0.15, 0.2) is 60.8 Å². The molecule has 0 amide bonds. The van der Waals surface area contributed by atoms with Crippen molar-refractivity contribution in [1.82, 2.24) is 4.98 Å². The lowest BCUT2D eigenvalue weighted by Crippen LogP contribution is -2.07. The lowest BCUT2D eigenvalue weighted by atomic mass is 10.0. The van der Waals surface area contributed by atoms with E-state index in [9.17, 15) is 9.59 Å². The van der Waals surface area contributed by atoms with Gasteiger partial charge in [0.2, 0.25) is 0 Å². The van der Waals surface area contributed by atoms with Crippen LogP contribution >= 0.6 is 0 Å². The SMILES string of the molecule is O=C(O)CCCC(=O)OCc1c(-c2ccccc2)ncc2ccccc12. The summed E-state index contributed by atoms with van der Waals surface area (Å²) in [4.78, 5) is 27.1. The smallest absolute Gasteiger partial charge is 0.306 e. The Labute approximate surface area is 151 Å². The third-order valence-corrected chi connectivity index (χ3v) is 4.10. The van der Waals surface area contributed by atoms with E-state index >= 15 is 0 Å². The molecule has 1 N–H and O–H groups in total. The highest BCUT2D eigenvalue weighted by Gasteiger charge is 2.13. The number of ether oxygens (including phenoxy) is 1. The van der Waals surface area contributed by atoms with Gasteiger partial charge in [-0.15, -0.1) is 0 Å². The molecule has 0 saturated carbocycles. The van der Waals surface area contributed by atoms with Crippen molar-refractivity contribution in [2.75, 3.05) is 0 Å². The number of carbonyl (C=O) groups is 2. The number of carbonyl (C=O) groups excluding carboxylic acids is 1. The molecule has 0 aliphatic heterocycles. The van der Waals surface area contributed by atoms with Gasteiger partial charge in [0.25, 0.3) is 0 Å². The fourth-order valence-corrected chi connectivity index (χ4v) is 2.82. The van der Waals surface area contributed by atoms with Crippen molar-refractivity contribution in [3.05, 3.63) is 66.4 Å². The van der Waals surface area contributed by atoms with Crippen molar-refractivity contribution in [1.29, 1.82) is 0 Å². The van der Waals surface area contributed by atoms with Gasteiger partial charge in [0.15, 0.2) is 0 Å². The number of pyridine rings is 1. The number of esters is 1. The van der Waals surface area contributed by atoms with E-state index in [-0.39, 0.29) is 25.9 Å². The summed E-state index contributed by atoms with van der Waals surface area (Å²) in [5.74, 6) is -1.32. The second kappa shape index (κ2) is 8.25. The molecule has 0 atom stereocenters. The Kier molecular flexibility index (Phi) is 5.59. The Bertz CT molecular complexity index is 922. The van der Waals surface area contributed by atoms with Crippen LogP contribution in [0.25, 0.3) is 22.0 Å². The summed E-state index contributed by atoms with van der Waals surface area (Å²) in [7, 11) is 0. The van der Waals surface area contributed by atoms with E-state index in [1.54, 1.807) is 0 Å². The average Bonchev–Trinajstić information content (AvgIpc) is 2.66. The fraction of sp³-hybridized carbons (Fsp3) is 0.190. The molecule has 2 aromatic carbocycles. The number of rotatable bonds is 7. The second-order valence-corrected chi connectivity index (χ2v) is 5.95. The summed E-state index contributed by atoms with van der Waals surface area (Å²) in [5, 5.41) is 10.6. The van der Waals surface area contributed by atoms with E-state index in [4.69, 9.17) is 9.84 Å². The van der Waals surface area contributed by atoms with Crippen molar-refractivity contribution in [3.63, 3.8) is 0 Å². The van der Waals surface area contributed by atoms with Crippen molar-refractivity contribution in [3.8, 4) is 11.3 Å². The quantitative estimate of drug-likeness (QED) is 0.647. The van der Waals surface area contributed by atoms with Crippen molar-refractivity contribution < 1.29 is 19.4 Å². The molecule has 0 spiro atoms. The first-order valence-corrected chi connectivity index (χ1v) is 8.44. The second-order valence-electron chi connectivity index (χ2n) is 5.95. The van der Waals surface area contributed by atoms with Gasteiger partial charge in [0.05, 0.1) is 5.69 Å². The molecule has 0 bridgehead atoms. The summed E-state index contributed by atoms with van der Waals surface area (Å²) < 4.78 is 5.41. The largest absolute Gasteiger partial charge is 0.481 e. The molecule has 3 aromatic rings. The molecule has 0 fully saturated rings. The fourth-order valence-electron chi connectivity index (χ4n) is 2.82. The Balaban J connectivity index is 1.85. The summed E-state index contributed by atoms with van der Waals surface area (Å²) in [5.41, 5.74) is 2.58. The van der Waals surface area contributed by atoms with E-state index < -0.39 is 11.9 Å². The Hall–Kier alpha value is -3.21. The van der Waals surface area contributed by atoms with Crippen LogP contribution in [0.3, 0.4) is 0 Å². The number of carboxylic acids is 1. The van der Waals surface area contributed by atoms with E-state index in [1.807, 2.05) is 60.8 Å². The van der Waals surface area contributed by atoms with E-state index in [0.29, 0.717) is 0 Å². The number of hydrogen-bond donors (Lipinski definition) is 1. The maximum Gasteiger partial charge on any atom is 0.306 e. The highest BCUT2D eigenvalue weighted by Crippen LogP contribution is 2.28. The molecule has 5 nitrogen and oxygen atoms in total. The molecule has 1 aromatic heterocycles. The number of aromatic nitrogens is 1. The molecule has 0 unspecified atom stereocenters. The van der Waals surface area contributed by atoms with Crippen LogP contribution in [-0.4, -0.2) is 22.0 Å². The third kappa shape index (κ3) is 4.25. The first-order chi connectivity index (χ1) is 12.6. The van der Waals surface area contributed by atoms with Crippen LogP contribution < -0.4 is 0 Å². The summed E-state index contributed by atoms with van der Waals surface area (Å²) in [6.07, 6.45) is 2.13. The predicted molar refractivity (Wildman–Crippen MR) is 98.5 cm³/mol. The number of fused-ring (bicyclic) bond motifs is 1. The highest BCUT2D eigenvalue weighted by atomic mass is 16.5. The van der Waals surface area contributed by atoms with Crippen LogP contribution in [0, 0.1) is 0 Å². The zero-order valence-electron chi connectivity index (χ0n) is 14.2. The minimum absolute atomic E-state index is 0.0415. The van der Waals surface area contributed by atoms with Crippen molar-refractivity contribution in [2.24, 2.45) is 0 Å². The first-order valence-electron chi connectivity index (χ1n) is 8.44. The summed E-state index contributed by atoms with van der Waals surface area (Å²) >= 11 is 0. The number of nitrogens with zero attached hydrogens (tertiary/aromatic N) is 1. The summed E-state index contributed by atoms with van der Waals surface area (Å²) in [6.45, 7) is 0.102. The zero-order chi connectivity index (χ0) is 18.4. The molecule has 0 saturated heterocycles. The third-order valence-electron chi connectivity index (χ3n) is 4.10. The Morgan fingerprint density at radius 3 is 2.46 bits per heavy atom.